The van der Waals surface area contributed by atoms with Crippen LogP contribution < -0.4 is 4.90 Å². The zero-order valence-corrected chi connectivity index (χ0v) is 9.88. The third-order valence-corrected chi connectivity index (χ3v) is 2.25. The maximum atomic E-state index is 12.3. The van der Waals surface area contributed by atoms with Crippen molar-refractivity contribution in [2.45, 2.75) is 20.3 Å². The molecule has 16 heavy (non-hydrogen) atoms. The van der Waals surface area contributed by atoms with Crippen LogP contribution in [0.3, 0.4) is 0 Å². The molecule has 0 N–H and O–H groups in total. The predicted molar refractivity (Wildman–Crippen MR) is 58.2 cm³/mol. The average molecular weight is 251 g/mol. The highest BCUT2D eigenvalue weighted by atomic mass is 35.5. The molecule has 0 aliphatic carbocycles. The van der Waals surface area contributed by atoms with Gasteiger partial charge < -0.3 is 4.90 Å². The molecule has 0 amide bonds. The van der Waals surface area contributed by atoms with Gasteiger partial charge in [0.1, 0.15) is 0 Å². The molecule has 0 bridgehead atoms. The summed E-state index contributed by atoms with van der Waals surface area (Å²) in [7, 11) is 0. The van der Waals surface area contributed by atoms with Crippen molar-refractivity contribution >= 4 is 17.5 Å². The van der Waals surface area contributed by atoms with E-state index in [0.29, 0.717) is 11.4 Å². The summed E-state index contributed by atoms with van der Waals surface area (Å²) in [4.78, 5) is 5.44. The summed E-state index contributed by atoms with van der Waals surface area (Å²) in [5.41, 5.74) is 1.37. The van der Waals surface area contributed by atoms with E-state index in [-0.39, 0.29) is 18.4 Å². The standard InChI is InChI=1S/C9H13ClF2N4/c1-6-7(2)14-15-9(13-6)16(4-3-10)5-8(11)12/h8H,3-5H2,1-2H3. The monoisotopic (exact) mass is 250 g/mol. The van der Waals surface area contributed by atoms with Crippen molar-refractivity contribution in [3.8, 4) is 0 Å². The quantitative estimate of drug-likeness (QED) is 0.748. The van der Waals surface area contributed by atoms with E-state index in [1.807, 2.05) is 0 Å². The van der Waals surface area contributed by atoms with Crippen LogP contribution >= 0.6 is 11.6 Å². The van der Waals surface area contributed by atoms with Gasteiger partial charge in [-0.25, -0.2) is 13.8 Å². The first kappa shape index (κ1) is 13.0. The van der Waals surface area contributed by atoms with Gasteiger partial charge in [0.2, 0.25) is 5.95 Å². The second-order valence-corrected chi connectivity index (χ2v) is 3.69. The SMILES string of the molecule is Cc1nnc(N(CCCl)CC(F)F)nc1C. The number of rotatable bonds is 5. The number of hydrogen-bond acceptors (Lipinski definition) is 4. The van der Waals surface area contributed by atoms with E-state index < -0.39 is 13.0 Å². The normalized spacial score (nSPS) is 10.9. The Bertz CT molecular complexity index is 348. The third kappa shape index (κ3) is 3.52. The van der Waals surface area contributed by atoms with Crippen LogP contribution in [0.25, 0.3) is 0 Å². The van der Waals surface area contributed by atoms with E-state index in [0.717, 1.165) is 0 Å². The van der Waals surface area contributed by atoms with Gasteiger partial charge in [-0.3, -0.25) is 0 Å². The van der Waals surface area contributed by atoms with Crippen LogP contribution in [0.1, 0.15) is 11.4 Å². The Morgan fingerprint density at radius 3 is 2.44 bits per heavy atom. The molecule has 0 fully saturated rings. The highest BCUT2D eigenvalue weighted by molar-refractivity contribution is 6.18. The molecule has 0 saturated heterocycles. The Kier molecular flexibility index (Phi) is 4.79. The number of aromatic nitrogens is 3. The van der Waals surface area contributed by atoms with Crippen molar-refractivity contribution in [1.29, 1.82) is 0 Å². The summed E-state index contributed by atoms with van der Waals surface area (Å²) in [6, 6.07) is 0. The molecule has 0 aromatic carbocycles. The van der Waals surface area contributed by atoms with Crippen molar-refractivity contribution in [3.05, 3.63) is 11.4 Å². The fourth-order valence-electron chi connectivity index (χ4n) is 1.12. The Morgan fingerprint density at radius 2 is 1.94 bits per heavy atom. The van der Waals surface area contributed by atoms with Crippen LogP contribution in [0.15, 0.2) is 0 Å². The molecule has 0 unspecified atom stereocenters. The maximum absolute atomic E-state index is 12.3. The molecular formula is C9H13ClF2N4. The summed E-state index contributed by atoms with van der Waals surface area (Å²) >= 11 is 5.54. The number of hydrogen-bond donors (Lipinski definition) is 0. The van der Waals surface area contributed by atoms with Gasteiger partial charge in [-0.15, -0.1) is 16.7 Å². The molecule has 4 nitrogen and oxygen atoms in total. The number of nitrogens with zero attached hydrogens (tertiary/aromatic N) is 4. The van der Waals surface area contributed by atoms with Crippen LogP contribution in [0.5, 0.6) is 0 Å². The number of anilines is 1. The molecule has 0 saturated carbocycles. The molecule has 1 aromatic heterocycles. The van der Waals surface area contributed by atoms with Crippen LogP contribution in [0.2, 0.25) is 0 Å². The van der Waals surface area contributed by atoms with E-state index in [9.17, 15) is 8.78 Å². The molecule has 1 heterocycles. The first-order valence-electron chi connectivity index (χ1n) is 4.81. The number of aryl methyl sites for hydroxylation is 2. The van der Waals surface area contributed by atoms with Crippen LogP contribution in [0, 0.1) is 13.8 Å². The van der Waals surface area contributed by atoms with Gasteiger partial charge in [-0.05, 0) is 13.8 Å². The fraction of sp³-hybridized carbons (Fsp3) is 0.667. The van der Waals surface area contributed by atoms with Crippen LogP contribution in [0.4, 0.5) is 14.7 Å². The van der Waals surface area contributed by atoms with E-state index >= 15 is 0 Å². The lowest BCUT2D eigenvalue weighted by molar-refractivity contribution is 0.154. The summed E-state index contributed by atoms with van der Waals surface area (Å²) < 4.78 is 24.6. The summed E-state index contributed by atoms with van der Waals surface area (Å²) in [5.74, 6) is 0.437. The van der Waals surface area contributed by atoms with Crippen molar-refractivity contribution in [2.75, 3.05) is 23.9 Å². The van der Waals surface area contributed by atoms with Gasteiger partial charge in [0.15, 0.2) is 0 Å². The Morgan fingerprint density at radius 1 is 1.25 bits per heavy atom. The first-order valence-corrected chi connectivity index (χ1v) is 5.35. The lowest BCUT2D eigenvalue weighted by Gasteiger charge is -2.20. The third-order valence-electron chi connectivity index (χ3n) is 2.08. The van der Waals surface area contributed by atoms with E-state index in [1.54, 1.807) is 13.8 Å². The van der Waals surface area contributed by atoms with Crippen molar-refractivity contribution < 1.29 is 8.78 Å². The smallest absolute Gasteiger partial charge is 0.255 e. The fourth-order valence-corrected chi connectivity index (χ4v) is 1.32. The molecule has 0 radical (unpaired) electrons. The lowest BCUT2D eigenvalue weighted by atomic mass is 10.4. The van der Waals surface area contributed by atoms with E-state index in [4.69, 9.17) is 11.6 Å². The minimum Gasteiger partial charge on any atom is -0.333 e. The molecule has 1 aromatic rings. The Labute approximate surface area is 97.6 Å². The van der Waals surface area contributed by atoms with Crippen LogP contribution in [-0.4, -0.2) is 40.6 Å². The zero-order chi connectivity index (χ0) is 12.1. The first-order chi connectivity index (χ1) is 7.54. The van der Waals surface area contributed by atoms with Crippen LogP contribution in [-0.2, 0) is 0 Å². The highest BCUT2D eigenvalue weighted by Crippen LogP contribution is 2.10. The van der Waals surface area contributed by atoms with Gasteiger partial charge in [-0.1, -0.05) is 0 Å². The van der Waals surface area contributed by atoms with Gasteiger partial charge in [-0.2, -0.15) is 5.10 Å². The maximum Gasteiger partial charge on any atom is 0.255 e. The second kappa shape index (κ2) is 5.89. The molecule has 90 valence electrons. The molecule has 0 atom stereocenters. The van der Waals surface area contributed by atoms with Gasteiger partial charge >= 0.3 is 0 Å². The van der Waals surface area contributed by atoms with Gasteiger partial charge in [0.25, 0.3) is 6.43 Å². The molecule has 0 aliphatic heterocycles. The highest BCUT2D eigenvalue weighted by Gasteiger charge is 2.15. The number of alkyl halides is 3. The lowest BCUT2D eigenvalue weighted by Crippen LogP contribution is -2.32. The average Bonchev–Trinajstić information content (AvgIpc) is 2.21. The second-order valence-electron chi connectivity index (χ2n) is 3.31. The molecule has 0 spiro atoms. The van der Waals surface area contributed by atoms with Gasteiger partial charge in [0.05, 0.1) is 17.9 Å². The Hall–Kier alpha value is -1.04. The van der Waals surface area contributed by atoms with Gasteiger partial charge in [0, 0.05) is 12.4 Å². The topological polar surface area (TPSA) is 41.9 Å². The minimum atomic E-state index is -2.45. The van der Waals surface area contributed by atoms with Crippen molar-refractivity contribution in [1.82, 2.24) is 15.2 Å². The summed E-state index contributed by atoms with van der Waals surface area (Å²) in [5, 5.41) is 7.63. The molecular weight excluding hydrogens is 238 g/mol. The van der Waals surface area contributed by atoms with E-state index in [1.165, 1.54) is 4.90 Å². The molecule has 1 rings (SSSR count). The summed E-state index contributed by atoms with van der Waals surface area (Å²) in [6.45, 7) is 3.36. The molecule has 0 aliphatic rings. The van der Waals surface area contributed by atoms with Crippen molar-refractivity contribution in [2.24, 2.45) is 0 Å². The molecule has 7 heteroatoms. The zero-order valence-electron chi connectivity index (χ0n) is 9.12. The summed E-state index contributed by atoms with van der Waals surface area (Å²) in [6.07, 6.45) is -2.45. The Balaban J connectivity index is 2.87. The largest absolute Gasteiger partial charge is 0.333 e. The van der Waals surface area contributed by atoms with E-state index in [2.05, 4.69) is 15.2 Å². The minimum absolute atomic E-state index is 0.198. The van der Waals surface area contributed by atoms with Crippen molar-refractivity contribution in [3.63, 3.8) is 0 Å². The predicted octanol–water partition coefficient (Wildman–Crippen LogP) is 1.80. The number of halogens is 3.